The van der Waals surface area contributed by atoms with Crippen LogP contribution in [0, 0.1) is 0 Å². The van der Waals surface area contributed by atoms with Crippen molar-refractivity contribution in [2.45, 2.75) is 25.7 Å². The number of hydrogen-bond donors (Lipinski definition) is 0. The van der Waals surface area contributed by atoms with Crippen molar-refractivity contribution in [2.24, 2.45) is 0 Å². The van der Waals surface area contributed by atoms with Crippen molar-refractivity contribution in [3.8, 4) is 5.75 Å². The molecule has 1 aromatic carbocycles. The summed E-state index contributed by atoms with van der Waals surface area (Å²) in [5.41, 5.74) is 1.16. The quantitative estimate of drug-likeness (QED) is 0.503. The Labute approximate surface area is 173 Å². The molecule has 2 amide bonds. The third kappa shape index (κ3) is 5.99. The van der Waals surface area contributed by atoms with Crippen LogP contribution in [-0.4, -0.2) is 68.0 Å². The van der Waals surface area contributed by atoms with Gasteiger partial charge in [-0.1, -0.05) is 12.1 Å². The maximum Gasteiger partial charge on any atom is 0.229 e. The van der Waals surface area contributed by atoms with Crippen LogP contribution in [0.5, 0.6) is 5.75 Å². The molecule has 2 heterocycles. The highest BCUT2D eigenvalue weighted by atomic mass is 35.5. The molecule has 2 aliphatic heterocycles. The maximum absolute atomic E-state index is 11.6. The van der Waals surface area contributed by atoms with Crippen LogP contribution >= 0.6 is 24.8 Å². The molecule has 2 fully saturated rings. The Morgan fingerprint density at radius 2 is 1.48 bits per heavy atom. The highest BCUT2D eigenvalue weighted by Gasteiger charge is 2.28. The Balaban J connectivity index is 0.00000182. The minimum atomic E-state index is -0.00424. The Morgan fingerprint density at radius 1 is 0.889 bits per heavy atom. The molecule has 6 nitrogen and oxygen atoms in total. The van der Waals surface area contributed by atoms with Gasteiger partial charge in [0, 0.05) is 45.6 Å². The van der Waals surface area contributed by atoms with E-state index in [0.717, 1.165) is 57.0 Å². The molecule has 0 saturated carbocycles. The Bertz CT molecular complexity index is 606. The molecule has 2 saturated heterocycles. The van der Waals surface area contributed by atoms with Crippen molar-refractivity contribution in [1.82, 2.24) is 9.80 Å². The second kappa shape index (κ2) is 11.4. The number of hydrogen-bond acceptors (Lipinski definition) is 5. The lowest BCUT2D eigenvalue weighted by Crippen LogP contribution is -2.46. The summed E-state index contributed by atoms with van der Waals surface area (Å²) in [4.78, 5) is 29.4. The van der Waals surface area contributed by atoms with Gasteiger partial charge in [-0.2, -0.15) is 0 Å². The average Bonchev–Trinajstić information content (AvgIpc) is 2.97. The monoisotopic (exact) mass is 417 g/mol. The van der Waals surface area contributed by atoms with Crippen LogP contribution in [-0.2, 0) is 9.59 Å². The topological polar surface area (TPSA) is 53.1 Å². The zero-order valence-electron chi connectivity index (χ0n) is 15.8. The highest BCUT2D eigenvalue weighted by Crippen LogP contribution is 2.28. The molecule has 27 heavy (non-hydrogen) atoms. The van der Waals surface area contributed by atoms with Crippen molar-refractivity contribution in [3.63, 3.8) is 0 Å². The number of carbonyl (C=O) groups excluding carboxylic acids is 2. The molecule has 0 unspecified atom stereocenters. The summed E-state index contributed by atoms with van der Waals surface area (Å²) in [6, 6.07) is 8.15. The number of halogens is 2. The van der Waals surface area contributed by atoms with Crippen LogP contribution in [0.4, 0.5) is 5.69 Å². The lowest BCUT2D eigenvalue weighted by Gasteiger charge is -2.36. The van der Waals surface area contributed by atoms with Crippen molar-refractivity contribution < 1.29 is 14.3 Å². The van der Waals surface area contributed by atoms with Crippen LogP contribution < -0.4 is 9.64 Å². The lowest BCUT2D eigenvalue weighted by molar-refractivity contribution is -0.138. The smallest absolute Gasteiger partial charge is 0.229 e. The van der Waals surface area contributed by atoms with Gasteiger partial charge in [-0.05, 0) is 31.5 Å². The van der Waals surface area contributed by atoms with Gasteiger partial charge in [-0.3, -0.25) is 19.4 Å². The summed E-state index contributed by atoms with van der Waals surface area (Å²) in [5, 5.41) is 0. The number of amides is 2. The molecule has 0 spiro atoms. The summed E-state index contributed by atoms with van der Waals surface area (Å²) in [5.74, 6) is 0.918. The number of unbranched alkanes of at least 4 members (excludes halogenated alkanes) is 1. The van der Waals surface area contributed by atoms with E-state index in [0.29, 0.717) is 19.4 Å². The van der Waals surface area contributed by atoms with Gasteiger partial charge in [0.1, 0.15) is 5.75 Å². The molecule has 0 atom stereocenters. The predicted molar refractivity (Wildman–Crippen MR) is 111 cm³/mol. The van der Waals surface area contributed by atoms with E-state index in [9.17, 15) is 9.59 Å². The number of carbonyl (C=O) groups is 2. The van der Waals surface area contributed by atoms with Crippen LogP contribution in [0.15, 0.2) is 24.3 Å². The number of likely N-dealkylation sites (tertiary alicyclic amines) is 1. The number of para-hydroxylation sites is 2. The van der Waals surface area contributed by atoms with Gasteiger partial charge in [-0.15, -0.1) is 24.8 Å². The molecule has 3 rings (SSSR count). The number of nitrogens with zero attached hydrogens (tertiary/aromatic N) is 3. The molecule has 152 valence electrons. The highest BCUT2D eigenvalue weighted by molar-refractivity contribution is 6.01. The number of benzene rings is 1. The fourth-order valence-electron chi connectivity index (χ4n) is 3.58. The van der Waals surface area contributed by atoms with E-state index in [1.807, 2.05) is 18.2 Å². The average molecular weight is 418 g/mol. The van der Waals surface area contributed by atoms with Gasteiger partial charge in [-0.25, -0.2) is 0 Å². The van der Waals surface area contributed by atoms with E-state index < -0.39 is 0 Å². The first-order valence-electron chi connectivity index (χ1n) is 9.12. The van der Waals surface area contributed by atoms with E-state index in [2.05, 4.69) is 15.9 Å². The fourth-order valence-corrected chi connectivity index (χ4v) is 3.58. The third-order valence-electron chi connectivity index (χ3n) is 5.06. The second-order valence-corrected chi connectivity index (χ2v) is 6.65. The number of imide groups is 1. The first-order valence-corrected chi connectivity index (χ1v) is 9.12. The van der Waals surface area contributed by atoms with Crippen LogP contribution in [0.3, 0.4) is 0 Å². The van der Waals surface area contributed by atoms with Crippen molar-refractivity contribution in [1.29, 1.82) is 0 Å². The molecule has 0 aromatic heterocycles. The number of anilines is 1. The van der Waals surface area contributed by atoms with Gasteiger partial charge in [0.15, 0.2) is 0 Å². The zero-order chi connectivity index (χ0) is 17.6. The SMILES string of the molecule is COc1ccccc1N1CCN(CCCCN2C(=O)CCC2=O)CC1.Cl.Cl. The van der Waals surface area contributed by atoms with Gasteiger partial charge in [0.05, 0.1) is 12.8 Å². The molecule has 2 aliphatic rings. The van der Waals surface area contributed by atoms with E-state index in [1.165, 1.54) is 4.90 Å². The number of piperazine rings is 1. The minimum Gasteiger partial charge on any atom is -0.495 e. The third-order valence-corrected chi connectivity index (χ3v) is 5.06. The molecule has 0 aliphatic carbocycles. The van der Waals surface area contributed by atoms with Gasteiger partial charge in [0.2, 0.25) is 11.8 Å². The van der Waals surface area contributed by atoms with E-state index in [-0.39, 0.29) is 36.6 Å². The van der Waals surface area contributed by atoms with Crippen molar-refractivity contribution in [2.75, 3.05) is 51.3 Å². The molecular formula is C19H29Cl2N3O3. The Hall–Kier alpha value is -1.50. The standard InChI is InChI=1S/C19H27N3O3.2ClH/c1-25-17-7-3-2-6-16(17)21-14-12-20(13-15-21)10-4-5-11-22-18(23)8-9-19(22)24;;/h2-3,6-7H,4-5,8-15H2,1H3;2*1H. The lowest BCUT2D eigenvalue weighted by atomic mass is 10.2. The first kappa shape index (κ1) is 23.5. The number of methoxy groups -OCH3 is 1. The molecule has 0 N–H and O–H groups in total. The summed E-state index contributed by atoms with van der Waals surface area (Å²) in [7, 11) is 1.71. The Morgan fingerprint density at radius 3 is 2.11 bits per heavy atom. The van der Waals surface area contributed by atoms with Crippen molar-refractivity contribution >= 4 is 42.3 Å². The van der Waals surface area contributed by atoms with E-state index >= 15 is 0 Å². The van der Waals surface area contributed by atoms with Gasteiger partial charge < -0.3 is 9.64 Å². The summed E-state index contributed by atoms with van der Waals surface area (Å²) in [6.07, 6.45) is 2.70. The van der Waals surface area contributed by atoms with Gasteiger partial charge in [0.25, 0.3) is 0 Å². The maximum atomic E-state index is 11.6. The molecule has 8 heteroatoms. The van der Waals surface area contributed by atoms with Crippen LogP contribution in [0.25, 0.3) is 0 Å². The van der Waals surface area contributed by atoms with Crippen LogP contribution in [0.1, 0.15) is 25.7 Å². The molecule has 0 radical (unpaired) electrons. The van der Waals surface area contributed by atoms with Gasteiger partial charge >= 0.3 is 0 Å². The fraction of sp³-hybridized carbons (Fsp3) is 0.579. The first-order chi connectivity index (χ1) is 12.2. The summed E-state index contributed by atoms with van der Waals surface area (Å²) < 4.78 is 5.46. The Kier molecular flexibility index (Phi) is 9.91. The largest absolute Gasteiger partial charge is 0.495 e. The van der Waals surface area contributed by atoms with E-state index in [4.69, 9.17) is 4.74 Å². The number of ether oxygens (including phenoxy) is 1. The normalized spacial score (nSPS) is 17.5. The van der Waals surface area contributed by atoms with Crippen LogP contribution in [0.2, 0.25) is 0 Å². The minimum absolute atomic E-state index is 0. The molecule has 1 aromatic rings. The summed E-state index contributed by atoms with van der Waals surface area (Å²) in [6.45, 7) is 5.64. The zero-order valence-corrected chi connectivity index (χ0v) is 17.4. The molecule has 0 bridgehead atoms. The second-order valence-electron chi connectivity index (χ2n) is 6.65. The molecular weight excluding hydrogens is 389 g/mol. The predicted octanol–water partition coefficient (Wildman–Crippen LogP) is 2.59. The summed E-state index contributed by atoms with van der Waals surface area (Å²) >= 11 is 0. The van der Waals surface area contributed by atoms with Crippen molar-refractivity contribution in [3.05, 3.63) is 24.3 Å². The van der Waals surface area contributed by atoms with E-state index in [1.54, 1.807) is 7.11 Å². The number of rotatable bonds is 7.